The lowest BCUT2D eigenvalue weighted by molar-refractivity contribution is 0.592. The van der Waals surface area contributed by atoms with Gasteiger partial charge in [0.15, 0.2) is 0 Å². The van der Waals surface area contributed by atoms with Crippen LogP contribution in [0.3, 0.4) is 0 Å². The molecular formula is C13H21Br. The normalized spacial score (nSPS) is 31.6. The van der Waals surface area contributed by atoms with E-state index in [0.717, 1.165) is 11.8 Å². The van der Waals surface area contributed by atoms with E-state index in [9.17, 15) is 0 Å². The Labute approximate surface area is 96.3 Å². The van der Waals surface area contributed by atoms with E-state index in [1.165, 1.54) is 56.7 Å². The molecule has 0 bridgehead atoms. The topological polar surface area (TPSA) is 0 Å². The molecule has 0 spiro atoms. The van der Waals surface area contributed by atoms with Crippen LogP contribution in [0, 0.1) is 11.8 Å². The van der Waals surface area contributed by atoms with Gasteiger partial charge in [-0.15, -0.1) is 0 Å². The number of allylic oxidation sites excluding steroid dienone is 2. The first-order chi connectivity index (χ1) is 6.90. The molecule has 1 heteroatoms. The van der Waals surface area contributed by atoms with Crippen LogP contribution in [0.4, 0.5) is 0 Å². The van der Waals surface area contributed by atoms with Crippen molar-refractivity contribution in [1.82, 2.24) is 0 Å². The van der Waals surface area contributed by atoms with E-state index in [0.29, 0.717) is 0 Å². The average molecular weight is 257 g/mol. The molecule has 0 amide bonds. The van der Waals surface area contributed by atoms with Crippen LogP contribution < -0.4 is 0 Å². The minimum atomic E-state index is 0.974. The standard InChI is InChI=1S/C13H21Br/c14-8-4-7-12-10-13(12)9-11-5-2-1-3-6-11/h9,12-13H,1-8,10H2/t12-,13+/m0/s1. The highest BCUT2D eigenvalue weighted by Gasteiger charge is 2.34. The van der Waals surface area contributed by atoms with Gasteiger partial charge in [0.25, 0.3) is 0 Å². The van der Waals surface area contributed by atoms with Crippen LogP contribution in [0.2, 0.25) is 0 Å². The van der Waals surface area contributed by atoms with Crippen LogP contribution in [0.5, 0.6) is 0 Å². The monoisotopic (exact) mass is 256 g/mol. The summed E-state index contributed by atoms with van der Waals surface area (Å²) in [6.07, 6.45) is 14.1. The molecule has 0 N–H and O–H groups in total. The third-order valence-corrected chi connectivity index (χ3v) is 4.19. The Morgan fingerprint density at radius 3 is 2.71 bits per heavy atom. The molecule has 0 aliphatic heterocycles. The lowest BCUT2D eigenvalue weighted by Crippen LogP contribution is -1.94. The zero-order valence-corrected chi connectivity index (χ0v) is 10.6. The predicted molar refractivity (Wildman–Crippen MR) is 65.8 cm³/mol. The second kappa shape index (κ2) is 5.34. The molecule has 2 saturated carbocycles. The van der Waals surface area contributed by atoms with Crippen LogP contribution >= 0.6 is 15.9 Å². The van der Waals surface area contributed by atoms with Gasteiger partial charge < -0.3 is 0 Å². The van der Waals surface area contributed by atoms with Gasteiger partial charge in [-0.2, -0.15) is 0 Å². The van der Waals surface area contributed by atoms with Crippen LogP contribution in [-0.2, 0) is 0 Å². The molecule has 2 aliphatic carbocycles. The third-order valence-electron chi connectivity index (χ3n) is 3.63. The lowest BCUT2D eigenvalue weighted by atomic mass is 9.93. The summed E-state index contributed by atoms with van der Waals surface area (Å²) in [6, 6.07) is 0. The summed E-state index contributed by atoms with van der Waals surface area (Å²) in [5.74, 6) is 2.02. The van der Waals surface area contributed by atoms with Crippen LogP contribution in [-0.4, -0.2) is 5.33 Å². The van der Waals surface area contributed by atoms with Gasteiger partial charge in [0.2, 0.25) is 0 Å². The number of hydrogen-bond donors (Lipinski definition) is 0. The Bertz CT molecular complexity index is 199. The smallest absolute Gasteiger partial charge is 0.00314 e. The maximum Gasteiger partial charge on any atom is 0.00314 e. The van der Waals surface area contributed by atoms with Crippen LogP contribution in [0.1, 0.15) is 51.4 Å². The molecule has 0 nitrogen and oxygen atoms in total. The molecule has 2 rings (SSSR count). The summed E-state index contributed by atoms with van der Waals surface area (Å²) >= 11 is 3.51. The Balaban J connectivity index is 1.70. The van der Waals surface area contributed by atoms with Crippen molar-refractivity contribution in [1.29, 1.82) is 0 Å². The van der Waals surface area contributed by atoms with Gasteiger partial charge in [-0.25, -0.2) is 0 Å². The van der Waals surface area contributed by atoms with Crippen molar-refractivity contribution in [2.75, 3.05) is 5.33 Å². The molecule has 0 aromatic heterocycles. The van der Waals surface area contributed by atoms with Gasteiger partial charge in [-0.05, 0) is 56.8 Å². The molecule has 0 saturated heterocycles. The Morgan fingerprint density at radius 2 is 2.00 bits per heavy atom. The highest BCUT2D eigenvalue weighted by molar-refractivity contribution is 9.09. The van der Waals surface area contributed by atoms with Gasteiger partial charge in [-0.3, -0.25) is 0 Å². The number of halogens is 1. The maximum atomic E-state index is 3.51. The minimum Gasteiger partial charge on any atom is -0.0928 e. The Kier molecular flexibility index (Phi) is 4.10. The highest BCUT2D eigenvalue weighted by atomic mass is 79.9. The van der Waals surface area contributed by atoms with E-state index in [2.05, 4.69) is 22.0 Å². The summed E-state index contributed by atoms with van der Waals surface area (Å²) in [6.45, 7) is 0. The fraction of sp³-hybridized carbons (Fsp3) is 0.846. The summed E-state index contributed by atoms with van der Waals surface area (Å²) in [4.78, 5) is 0. The number of hydrogen-bond acceptors (Lipinski definition) is 0. The SMILES string of the molecule is BrCCC[C@H]1C[C@H]1C=C1CCCCC1. The fourth-order valence-corrected chi connectivity index (χ4v) is 2.95. The van der Waals surface area contributed by atoms with Crippen LogP contribution in [0.15, 0.2) is 11.6 Å². The van der Waals surface area contributed by atoms with Crippen molar-refractivity contribution < 1.29 is 0 Å². The van der Waals surface area contributed by atoms with E-state index >= 15 is 0 Å². The maximum absolute atomic E-state index is 3.51. The van der Waals surface area contributed by atoms with Crippen molar-refractivity contribution in [3.63, 3.8) is 0 Å². The van der Waals surface area contributed by atoms with Crippen molar-refractivity contribution in [3.8, 4) is 0 Å². The van der Waals surface area contributed by atoms with Crippen LogP contribution in [0.25, 0.3) is 0 Å². The summed E-state index contributed by atoms with van der Waals surface area (Å²) in [7, 11) is 0. The molecular weight excluding hydrogens is 236 g/mol. The average Bonchev–Trinajstić information content (AvgIpc) is 2.95. The van der Waals surface area contributed by atoms with Crippen molar-refractivity contribution in [2.45, 2.75) is 51.4 Å². The zero-order valence-electron chi connectivity index (χ0n) is 8.97. The first kappa shape index (κ1) is 10.7. The largest absolute Gasteiger partial charge is 0.0928 e. The first-order valence-electron chi connectivity index (χ1n) is 6.15. The van der Waals surface area contributed by atoms with Crippen molar-refractivity contribution in [2.24, 2.45) is 11.8 Å². The second-order valence-corrected chi connectivity index (χ2v) is 5.67. The Morgan fingerprint density at radius 1 is 1.21 bits per heavy atom. The number of rotatable bonds is 4. The highest BCUT2D eigenvalue weighted by Crippen LogP contribution is 2.44. The van der Waals surface area contributed by atoms with Gasteiger partial charge >= 0.3 is 0 Å². The molecule has 0 heterocycles. The van der Waals surface area contributed by atoms with Crippen molar-refractivity contribution >= 4 is 15.9 Å². The molecule has 0 aromatic rings. The van der Waals surface area contributed by atoms with Gasteiger partial charge in [0, 0.05) is 5.33 Å². The zero-order chi connectivity index (χ0) is 9.80. The number of alkyl halides is 1. The fourth-order valence-electron chi connectivity index (χ4n) is 2.62. The summed E-state index contributed by atoms with van der Waals surface area (Å²) in [5, 5.41) is 1.19. The van der Waals surface area contributed by atoms with E-state index in [4.69, 9.17) is 0 Å². The molecule has 0 unspecified atom stereocenters. The molecule has 0 aromatic carbocycles. The second-order valence-electron chi connectivity index (χ2n) is 4.88. The quantitative estimate of drug-likeness (QED) is 0.506. The molecule has 2 fully saturated rings. The Hall–Kier alpha value is 0.220. The molecule has 0 radical (unpaired) electrons. The van der Waals surface area contributed by atoms with Gasteiger partial charge in [0.1, 0.15) is 0 Å². The van der Waals surface area contributed by atoms with E-state index in [-0.39, 0.29) is 0 Å². The van der Waals surface area contributed by atoms with E-state index in [1.807, 2.05) is 0 Å². The molecule has 80 valence electrons. The minimum absolute atomic E-state index is 0.974. The lowest BCUT2D eigenvalue weighted by Gasteiger charge is -2.13. The molecule has 14 heavy (non-hydrogen) atoms. The van der Waals surface area contributed by atoms with E-state index in [1.54, 1.807) is 5.57 Å². The van der Waals surface area contributed by atoms with Crippen molar-refractivity contribution in [3.05, 3.63) is 11.6 Å². The molecule has 2 aliphatic rings. The van der Waals surface area contributed by atoms with E-state index < -0.39 is 0 Å². The van der Waals surface area contributed by atoms with Gasteiger partial charge in [0.05, 0.1) is 0 Å². The summed E-state index contributed by atoms with van der Waals surface area (Å²) in [5.41, 5.74) is 1.78. The summed E-state index contributed by atoms with van der Waals surface area (Å²) < 4.78 is 0. The molecule has 2 atom stereocenters. The third kappa shape index (κ3) is 3.12. The first-order valence-corrected chi connectivity index (χ1v) is 7.28. The predicted octanol–water partition coefficient (Wildman–Crippen LogP) is 4.69. The van der Waals surface area contributed by atoms with Gasteiger partial charge in [-0.1, -0.05) is 34.0 Å².